The fourth-order valence-corrected chi connectivity index (χ4v) is 2.57. The molecule has 1 N–H and O–H groups in total. The van der Waals surface area contributed by atoms with E-state index in [2.05, 4.69) is 10.3 Å². The van der Waals surface area contributed by atoms with E-state index in [0.717, 1.165) is 16.0 Å². The summed E-state index contributed by atoms with van der Waals surface area (Å²) in [7, 11) is 0. The number of anilines is 1. The van der Waals surface area contributed by atoms with Gasteiger partial charge in [0.15, 0.2) is 0 Å². The molecule has 0 saturated heterocycles. The van der Waals surface area contributed by atoms with Crippen molar-refractivity contribution in [1.82, 2.24) is 9.88 Å². The fraction of sp³-hybridized carbons (Fsp3) is 0.222. The summed E-state index contributed by atoms with van der Waals surface area (Å²) in [5, 5.41) is 2.78. The van der Waals surface area contributed by atoms with Crippen LogP contribution < -0.4 is 5.32 Å². The summed E-state index contributed by atoms with van der Waals surface area (Å²) in [5.41, 5.74) is 3.37. The normalized spacial score (nSPS) is 13.2. The lowest BCUT2D eigenvalue weighted by Gasteiger charge is -2.13. The molecule has 0 atom stereocenters. The zero-order chi connectivity index (χ0) is 17.3. The molecule has 0 spiro atoms. The van der Waals surface area contributed by atoms with Crippen LogP contribution in [0.4, 0.5) is 5.69 Å². The second kappa shape index (κ2) is 6.23. The highest BCUT2D eigenvalue weighted by atomic mass is 16.2. The van der Waals surface area contributed by atoms with E-state index in [0.29, 0.717) is 5.69 Å². The number of nitrogens with one attached hydrogen (secondary N) is 1. The maximum Gasteiger partial charge on any atom is 0.280 e. The van der Waals surface area contributed by atoms with Gasteiger partial charge in [0.25, 0.3) is 11.8 Å². The van der Waals surface area contributed by atoms with E-state index in [1.165, 1.54) is 6.20 Å². The molecule has 3 amide bonds. The molecule has 1 aromatic heterocycles. The maximum absolute atomic E-state index is 12.2. The molecule has 0 radical (unpaired) electrons. The first-order chi connectivity index (χ1) is 11.5. The minimum absolute atomic E-state index is 0.0324. The van der Waals surface area contributed by atoms with E-state index >= 15 is 0 Å². The lowest BCUT2D eigenvalue weighted by Crippen LogP contribution is -2.33. The van der Waals surface area contributed by atoms with E-state index in [1.54, 1.807) is 12.1 Å². The monoisotopic (exact) mass is 323 g/mol. The van der Waals surface area contributed by atoms with Crippen LogP contribution in [0.5, 0.6) is 0 Å². The standard InChI is InChI=1S/C18H17N3O3/c1-11-5-6-13(10-12(11)2)20-15(22)7-9-21-17(23)14-4-3-8-19-16(14)18(21)24/h3-6,8,10H,7,9H2,1-2H3,(H,20,22). The molecule has 0 saturated carbocycles. The molecule has 1 aliphatic heterocycles. The van der Waals surface area contributed by atoms with Crippen LogP contribution >= 0.6 is 0 Å². The summed E-state index contributed by atoms with van der Waals surface area (Å²) in [6, 6.07) is 8.82. The number of amides is 3. The summed E-state index contributed by atoms with van der Waals surface area (Å²) < 4.78 is 0. The number of pyridine rings is 1. The number of aromatic nitrogens is 1. The first kappa shape index (κ1) is 15.9. The number of rotatable bonds is 4. The quantitative estimate of drug-likeness (QED) is 0.876. The van der Waals surface area contributed by atoms with Gasteiger partial charge < -0.3 is 5.32 Å². The Morgan fingerprint density at radius 3 is 2.62 bits per heavy atom. The van der Waals surface area contributed by atoms with Crippen LogP contribution in [-0.2, 0) is 4.79 Å². The van der Waals surface area contributed by atoms with Gasteiger partial charge >= 0.3 is 0 Å². The lowest BCUT2D eigenvalue weighted by atomic mass is 10.1. The van der Waals surface area contributed by atoms with Crippen LogP contribution in [0.1, 0.15) is 38.4 Å². The molecule has 1 aliphatic rings. The van der Waals surface area contributed by atoms with Gasteiger partial charge in [0.2, 0.25) is 5.91 Å². The smallest absolute Gasteiger partial charge is 0.280 e. The summed E-state index contributed by atoms with van der Waals surface area (Å²) in [6.07, 6.45) is 1.51. The number of imide groups is 1. The van der Waals surface area contributed by atoms with Gasteiger partial charge in [0.1, 0.15) is 5.69 Å². The van der Waals surface area contributed by atoms with Gasteiger partial charge in [-0.3, -0.25) is 24.3 Å². The zero-order valence-electron chi connectivity index (χ0n) is 13.5. The molecule has 0 aliphatic carbocycles. The van der Waals surface area contributed by atoms with E-state index in [9.17, 15) is 14.4 Å². The molecule has 24 heavy (non-hydrogen) atoms. The second-order valence-electron chi connectivity index (χ2n) is 5.76. The number of carbonyl (C=O) groups is 3. The van der Waals surface area contributed by atoms with Crippen LogP contribution in [0.25, 0.3) is 0 Å². The number of hydrogen-bond donors (Lipinski definition) is 1. The Kier molecular flexibility index (Phi) is 4.12. The first-order valence-corrected chi connectivity index (χ1v) is 7.65. The molecule has 0 fully saturated rings. The van der Waals surface area contributed by atoms with Crippen molar-refractivity contribution in [3.05, 3.63) is 58.9 Å². The highest BCUT2D eigenvalue weighted by Gasteiger charge is 2.36. The maximum atomic E-state index is 12.2. The second-order valence-corrected chi connectivity index (χ2v) is 5.76. The molecule has 0 bridgehead atoms. The molecule has 2 heterocycles. The number of benzene rings is 1. The van der Waals surface area contributed by atoms with Gasteiger partial charge in [-0.2, -0.15) is 0 Å². The number of nitrogens with zero attached hydrogens (tertiary/aromatic N) is 2. The summed E-state index contributed by atoms with van der Waals surface area (Å²) in [6.45, 7) is 4.00. The molecule has 0 unspecified atom stereocenters. The van der Waals surface area contributed by atoms with Crippen molar-refractivity contribution in [2.75, 3.05) is 11.9 Å². The summed E-state index contributed by atoms with van der Waals surface area (Å²) >= 11 is 0. The molecule has 3 rings (SSSR count). The van der Waals surface area contributed by atoms with Crippen LogP contribution in [0.15, 0.2) is 36.5 Å². The van der Waals surface area contributed by atoms with Crippen molar-refractivity contribution in [3.8, 4) is 0 Å². The Labute approximate surface area is 139 Å². The molecule has 1 aromatic carbocycles. The van der Waals surface area contributed by atoms with Gasteiger partial charge in [-0.15, -0.1) is 0 Å². The third-order valence-electron chi connectivity index (χ3n) is 4.08. The van der Waals surface area contributed by atoms with Crippen molar-refractivity contribution in [3.63, 3.8) is 0 Å². The fourth-order valence-electron chi connectivity index (χ4n) is 2.57. The minimum atomic E-state index is -0.449. The SMILES string of the molecule is Cc1ccc(NC(=O)CCN2C(=O)c3cccnc3C2=O)cc1C. The third-order valence-corrected chi connectivity index (χ3v) is 4.08. The molecular weight excluding hydrogens is 306 g/mol. The largest absolute Gasteiger partial charge is 0.326 e. The van der Waals surface area contributed by atoms with E-state index in [-0.39, 0.29) is 30.1 Å². The topological polar surface area (TPSA) is 79.4 Å². The summed E-state index contributed by atoms with van der Waals surface area (Å²) in [4.78, 5) is 41.4. The summed E-state index contributed by atoms with van der Waals surface area (Å²) in [5.74, 6) is -1.10. The Morgan fingerprint density at radius 1 is 1.12 bits per heavy atom. The number of carbonyl (C=O) groups excluding carboxylic acids is 3. The Hall–Kier alpha value is -3.02. The van der Waals surface area contributed by atoms with E-state index < -0.39 is 11.8 Å². The zero-order valence-corrected chi connectivity index (χ0v) is 13.5. The van der Waals surface area contributed by atoms with Crippen molar-refractivity contribution in [1.29, 1.82) is 0 Å². The lowest BCUT2D eigenvalue weighted by molar-refractivity contribution is -0.116. The molecular formula is C18H17N3O3. The van der Waals surface area contributed by atoms with Crippen LogP contribution in [-0.4, -0.2) is 34.2 Å². The predicted molar refractivity (Wildman–Crippen MR) is 88.8 cm³/mol. The minimum Gasteiger partial charge on any atom is -0.326 e. The Balaban J connectivity index is 1.62. The van der Waals surface area contributed by atoms with Crippen LogP contribution in [0.3, 0.4) is 0 Å². The van der Waals surface area contributed by atoms with Crippen molar-refractivity contribution in [2.24, 2.45) is 0 Å². The van der Waals surface area contributed by atoms with Gasteiger partial charge in [0, 0.05) is 24.8 Å². The number of fused-ring (bicyclic) bond motifs is 1. The molecule has 6 nitrogen and oxygen atoms in total. The average molecular weight is 323 g/mol. The van der Waals surface area contributed by atoms with E-state index in [1.807, 2.05) is 32.0 Å². The van der Waals surface area contributed by atoms with Crippen molar-refractivity contribution < 1.29 is 14.4 Å². The predicted octanol–water partition coefficient (Wildman–Crippen LogP) is 2.32. The van der Waals surface area contributed by atoms with Crippen LogP contribution in [0, 0.1) is 13.8 Å². The third kappa shape index (κ3) is 2.90. The Morgan fingerprint density at radius 2 is 1.92 bits per heavy atom. The highest BCUT2D eigenvalue weighted by molar-refractivity contribution is 6.20. The highest BCUT2D eigenvalue weighted by Crippen LogP contribution is 2.20. The first-order valence-electron chi connectivity index (χ1n) is 7.65. The average Bonchev–Trinajstić information content (AvgIpc) is 2.81. The van der Waals surface area contributed by atoms with Crippen molar-refractivity contribution in [2.45, 2.75) is 20.3 Å². The number of aryl methyl sites for hydroxylation is 2. The molecule has 6 heteroatoms. The molecule has 2 aromatic rings. The van der Waals surface area contributed by atoms with Gasteiger partial charge in [0.05, 0.1) is 5.56 Å². The van der Waals surface area contributed by atoms with Crippen molar-refractivity contribution >= 4 is 23.4 Å². The Bertz CT molecular complexity index is 810. The van der Waals surface area contributed by atoms with Gasteiger partial charge in [-0.1, -0.05) is 6.07 Å². The molecule has 122 valence electrons. The van der Waals surface area contributed by atoms with Gasteiger partial charge in [-0.25, -0.2) is 0 Å². The van der Waals surface area contributed by atoms with Gasteiger partial charge in [-0.05, 0) is 49.2 Å². The number of hydrogen-bond acceptors (Lipinski definition) is 4. The van der Waals surface area contributed by atoms with Crippen LogP contribution in [0.2, 0.25) is 0 Å². The van der Waals surface area contributed by atoms with E-state index in [4.69, 9.17) is 0 Å².